The van der Waals surface area contributed by atoms with Crippen molar-refractivity contribution in [1.29, 1.82) is 0 Å². The molecule has 0 aromatic heterocycles. The first-order valence-electron chi connectivity index (χ1n) is 6.49. The van der Waals surface area contributed by atoms with E-state index in [2.05, 4.69) is 43.0 Å². The van der Waals surface area contributed by atoms with Crippen LogP contribution in [0.25, 0.3) is 0 Å². The van der Waals surface area contributed by atoms with Crippen molar-refractivity contribution in [2.45, 2.75) is 46.2 Å². The van der Waals surface area contributed by atoms with Crippen LogP contribution in [0.1, 0.15) is 38.3 Å². The summed E-state index contributed by atoms with van der Waals surface area (Å²) in [4.78, 5) is 14.1. The summed E-state index contributed by atoms with van der Waals surface area (Å²) < 4.78 is 0. The fraction of sp³-hybridized carbons (Fsp3) is 0.533. The van der Waals surface area contributed by atoms with Crippen molar-refractivity contribution >= 4 is 5.91 Å². The maximum absolute atomic E-state index is 12.0. The Labute approximate surface area is 104 Å². The molecule has 0 N–H and O–H groups in total. The molecule has 92 valence electrons. The number of carbonyl (C=O) groups is 1. The van der Waals surface area contributed by atoms with Crippen molar-refractivity contribution in [3.63, 3.8) is 0 Å². The van der Waals surface area contributed by atoms with Gasteiger partial charge in [-0.2, -0.15) is 0 Å². The van der Waals surface area contributed by atoms with E-state index in [0.717, 1.165) is 13.0 Å². The molecular formula is C15H21NO. The minimum absolute atomic E-state index is 0.276. The molecule has 17 heavy (non-hydrogen) atoms. The molecule has 1 unspecified atom stereocenters. The van der Waals surface area contributed by atoms with Crippen molar-refractivity contribution < 1.29 is 4.79 Å². The average Bonchev–Trinajstić information content (AvgIpc) is 2.36. The van der Waals surface area contributed by atoms with Crippen molar-refractivity contribution in [2.24, 2.45) is 5.92 Å². The van der Waals surface area contributed by atoms with Crippen LogP contribution >= 0.6 is 0 Å². The monoisotopic (exact) mass is 231 g/mol. The van der Waals surface area contributed by atoms with Crippen LogP contribution in [0.2, 0.25) is 0 Å². The van der Waals surface area contributed by atoms with Crippen LogP contribution in [0.5, 0.6) is 0 Å². The minimum Gasteiger partial charge on any atom is -0.335 e. The lowest BCUT2D eigenvalue weighted by atomic mass is 9.88. The third-order valence-electron chi connectivity index (χ3n) is 3.68. The smallest absolute Gasteiger partial charge is 0.222 e. The van der Waals surface area contributed by atoms with Crippen molar-refractivity contribution in [2.75, 3.05) is 0 Å². The summed E-state index contributed by atoms with van der Waals surface area (Å²) in [7, 11) is 0. The van der Waals surface area contributed by atoms with E-state index in [1.807, 2.05) is 6.92 Å². The Balaban J connectivity index is 2.31. The van der Waals surface area contributed by atoms with Crippen LogP contribution in [0.4, 0.5) is 0 Å². The first-order valence-corrected chi connectivity index (χ1v) is 6.49. The standard InChI is InChI=1S/C15H21NO/c1-4-15(17)16-10-13-8-6-5-7-12(13)9-14(16)11(2)3/h5-8,11,14H,4,9-10H2,1-3H3. The topological polar surface area (TPSA) is 20.3 Å². The van der Waals surface area contributed by atoms with E-state index in [1.54, 1.807) is 0 Å². The Hall–Kier alpha value is -1.31. The van der Waals surface area contributed by atoms with Gasteiger partial charge >= 0.3 is 0 Å². The molecule has 0 spiro atoms. The minimum atomic E-state index is 0.276. The van der Waals surface area contributed by atoms with Crippen molar-refractivity contribution in [3.05, 3.63) is 35.4 Å². The van der Waals surface area contributed by atoms with E-state index >= 15 is 0 Å². The maximum atomic E-state index is 12.0. The first kappa shape index (κ1) is 12.2. The van der Waals surface area contributed by atoms with Crippen LogP contribution in [-0.4, -0.2) is 16.8 Å². The van der Waals surface area contributed by atoms with Crippen LogP contribution in [0.3, 0.4) is 0 Å². The predicted molar refractivity (Wildman–Crippen MR) is 69.6 cm³/mol. The van der Waals surface area contributed by atoms with Gasteiger partial charge < -0.3 is 4.90 Å². The van der Waals surface area contributed by atoms with Gasteiger partial charge in [-0.3, -0.25) is 4.79 Å². The summed E-state index contributed by atoms with van der Waals surface area (Å²) in [6.45, 7) is 7.13. The molecular weight excluding hydrogens is 210 g/mol. The number of nitrogens with zero attached hydrogens (tertiary/aromatic N) is 1. The van der Waals surface area contributed by atoms with Gasteiger partial charge in [0.15, 0.2) is 0 Å². The first-order chi connectivity index (χ1) is 8.13. The summed E-state index contributed by atoms with van der Waals surface area (Å²) in [6.07, 6.45) is 1.60. The normalized spacial score (nSPS) is 19.3. The van der Waals surface area contributed by atoms with Gasteiger partial charge in [0.25, 0.3) is 0 Å². The van der Waals surface area contributed by atoms with Gasteiger partial charge in [0.05, 0.1) is 0 Å². The Bertz CT molecular complexity index is 411. The fourth-order valence-electron chi connectivity index (χ4n) is 2.62. The third-order valence-corrected chi connectivity index (χ3v) is 3.68. The Morgan fingerprint density at radius 1 is 1.35 bits per heavy atom. The predicted octanol–water partition coefficient (Wildman–Crippen LogP) is 3.01. The molecule has 2 rings (SSSR count). The Morgan fingerprint density at radius 3 is 2.59 bits per heavy atom. The molecule has 1 aromatic carbocycles. The average molecular weight is 231 g/mol. The highest BCUT2D eigenvalue weighted by molar-refractivity contribution is 5.76. The van der Waals surface area contributed by atoms with E-state index in [9.17, 15) is 4.79 Å². The lowest BCUT2D eigenvalue weighted by Gasteiger charge is -2.39. The zero-order valence-corrected chi connectivity index (χ0v) is 10.9. The summed E-state index contributed by atoms with van der Waals surface area (Å²) in [5, 5.41) is 0. The number of hydrogen-bond acceptors (Lipinski definition) is 1. The zero-order valence-electron chi connectivity index (χ0n) is 10.9. The van der Waals surface area contributed by atoms with Crippen molar-refractivity contribution in [1.82, 2.24) is 4.90 Å². The molecule has 1 amide bonds. The number of fused-ring (bicyclic) bond motifs is 1. The quantitative estimate of drug-likeness (QED) is 0.766. The molecule has 1 heterocycles. The number of carbonyl (C=O) groups excluding carboxylic acids is 1. The lowest BCUT2D eigenvalue weighted by Crippen LogP contribution is -2.46. The number of amides is 1. The summed E-state index contributed by atoms with van der Waals surface area (Å²) >= 11 is 0. The van der Waals surface area contributed by atoms with Gasteiger partial charge in [-0.15, -0.1) is 0 Å². The van der Waals surface area contributed by atoms with E-state index in [4.69, 9.17) is 0 Å². The molecule has 2 nitrogen and oxygen atoms in total. The van der Waals surface area contributed by atoms with Gasteiger partial charge in [0.1, 0.15) is 0 Å². The highest BCUT2D eigenvalue weighted by Gasteiger charge is 2.30. The molecule has 1 aliphatic heterocycles. The third kappa shape index (κ3) is 2.36. The molecule has 1 aliphatic rings. The van der Waals surface area contributed by atoms with E-state index in [1.165, 1.54) is 11.1 Å². The molecule has 1 atom stereocenters. The Morgan fingerprint density at radius 2 is 2.00 bits per heavy atom. The zero-order chi connectivity index (χ0) is 12.4. The van der Waals surface area contributed by atoms with E-state index < -0.39 is 0 Å². The number of benzene rings is 1. The van der Waals surface area contributed by atoms with Crippen LogP contribution in [0, 0.1) is 5.92 Å². The van der Waals surface area contributed by atoms with E-state index in [0.29, 0.717) is 18.4 Å². The molecule has 0 aliphatic carbocycles. The van der Waals surface area contributed by atoms with E-state index in [-0.39, 0.29) is 5.91 Å². The van der Waals surface area contributed by atoms with Gasteiger partial charge in [0, 0.05) is 19.0 Å². The Kier molecular flexibility index (Phi) is 3.51. The second-order valence-electron chi connectivity index (χ2n) is 5.16. The molecule has 0 fully saturated rings. The molecule has 0 radical (unpaired) electrons. The molecule has 0 saturated carbocycles. The van der Waals surface area contributed by atoms with Crippen LogP contribution in [0.15, 0.2) is 24.3 Å². The van der Waals surface area contributed by atoms with Gasteiger partial charge in [-0.1, -0.05) is 45.0 Å². The number of rotatable bonds is 2. The second-order valence-corrected chi connectivity index (χ2v) is 5.16. The summed E-state index contributed by atoms with van der Waals surface area (Å²) in [5.41, 5.74) is 2.72. The number of hydrogen-bond donors (Lipinski definition) is 0. The molecule has 1 aromatic rings. The van der Waals surface area contributed by atoms with Gasteiger partial charge in [-0.05, 0) is 23.5 Å². The fourth-order valence-corrected chi connectivity index (χ4v) is 2.62. The highest BCUT2D eigenvalue weighted by Crippen LogP contribution is 2.27. The largest absolute Gasteiger partial charge is 0.335 e. The SMILES string of the molecule is CCC(=O)N1Cc2ccccc2CC1C(C)C. The highest BCUT2D eigenvalue weighted by atomic mass is 16.2. The molecule has 0 bridgehead atoms. The second kappa shape index (κ2) is 4.91. The summed E-state index contributed by atoms with van der Waals surface area (Å²) in [5.74, 6) is 0.789. The van der Waals surface area contributed by atoms with Gasteiger partial charge in [0.2, 0.25) is 5.91 Å². The maximum Gasteiger partial charge on any atom is 0.222 e. The van der Waals surface area contributed by atoms with Crippen LogP contribution < -0.4 is 0 Å². The summed E-state index contributed by atoms with van der Waals surface area (Å²) in [6, 6.07) is 8.84. The van der Waals surface area contributed by atoms with Crippen molar-refractivity contribution in [3.8, 4) is 0 Å². The van der Waals surface area contributed by atoms with Gasteiger partial charge in [-0.25, -0.2) is 0 Å². The molecule has 2 heteroatoms. The molecule has 0 saturated heterocycles. The van der Waals surface area contributed by atoms with Crippen LogP contribution in [-0.2, 0) is 17.8 Å². The lowest BCUT2D eigenvalue weighted by molar-refractivity contribution is -0.135.